The normalized spacial score (nSPS) is 10.4. The van der Waals surface area contributed by atoms with Gasteiger partial charge in [0.25, 0.3) is 0 Å². The average molecular weight is 355 g/mol. The topological polar surface area (TPSA) is 38.8 Å². The molecule has 0 spiro atoms. The summed E-state index contributed by atoms with van der Waals surface area (Å²) < 4.78 is 11.5. The van der Waals surface area contributed by atoms with Crippen molar-refractivity contribution in [2.24, 2.45) is 0 Å². The van der Waals surface area contributed by atoms with Gasteiger partial charge in [0.2, 0.25) is 5.91 Å². The lowest BCUT2D eigenvalue weighted by atomic mass is 10.1. The maximum absolute atomic E-state index is 12.7. The molecule has 1 amide bonds. The quantitative estimate of drug-likeness (QED) is 0.631. The Morgan fingerprint density at radius 3 is 2.27 bits per heavy atom. The second-order valence-electron chi connectivity index (χ2n) is 6.28. The summed E-state index contributed by atoms with van der Waals surface area (Å²) >= 11 is 0. The number of hydrogen-bond acceptors (Lipinski definition) is 3. The highest BCUT2D eigenvalue weighted by atomic mass is 16.5. The van der Waals surface area contributed by atoms with Crippen molar-refractivity contribution in [3.8, 4) is 11.5 Å². The van der Waals surface area contributed by atoms with Crippen LogP contribution in [0.5, 0.6) is 11.5 Å². The van der Waals surface area contributed by atoms with E-state index < -0.39 is 0 Å². The van der Waals surface area contributed by atoms with E-state index in [9.17, 15) is 4.79 Å². The first-order chi connectivity index (χ1) is 12.7. The molecule has 2 rings (SSSR count). The molecular weight excluding hydrogens is 326 g/mol. The van der Waals surface area contributed by atoms with Gasteiger partial charge in [-0.25, -0.2) is 0 Å². The summed E-state index contributed by atoms with van der Waals surface area (Å²) in [5.74, 6) is 1.44. The Morgan fingerprint density at radius 2 is 1.65 bits per heavy atom. The van der Waals surface area contributed by atoms with Crippen molar-refractivity contribution in [2.75, 3.05) is 20.2 Å². The minimum Gasteiger partial charge on any atom is -0.493 e. The van der Waals surface area contributed by atoms with Crippen molar-refractivity contribution >= 4 is 5.91 Å². The third-order valence-electron chi connectivity index (χ3n) is 4.19. The van der Waals surface area contributed by atoms with E-state index in [0.29, 0.717) is 24.5 Å². The molecule has 2 aromatic carbocycles. The van der Waals surface area contributed by atoms with E-state index in [1.165, 1.54) is 0 Å². The van der Waals surface area contributed by atoms with Gasteiger partial charge in [-0.15, -0.1) is 0 Å². The number of benzene rings is 2. The molecule has 4 heteroatoms. The second kappa shape index (κ2) is 10.5. The molecule has 0 atom stereocenters. The summed E-state index contributed by atoms with van der Waals surface area (Å²) in [6.07, 6.45) is 2.24. The van der Waals surface area contributed by atoms with Crippen molar-refractivity contribution in [1.29, 1.82) is 0 Å². The van der Waals surface area contributed by atoms with E-state index in [4.69, 9.17) is 9.47 Å². The number of methoxy groups -OCH3 is 1. The molecule has 26 heavy (non-hydrogen) atoms. The molecule has 0 aliphatic rings. The van der Waals surface area contributed by atoms with Crippen LogP contribution in [0.4, 0.5) is 0 Å². The Balaban J connectivity index is 2.17. The zero-order chi connectivity index (χ0) is 18.8. The fraction of sp³-hybridized carbons (Fsp3) is 0.409. The van der Waals surface area contributed by atoms with E-state index in [1.54, 1.807) is 7.11 Å². The van der Waals surface area contributed by atoms with Crippen molar-refractivity contribution in [3.63, 3.8) is 0 Å². The van der Waals surface area contributed by atoms with Gasteiger partial charge in [-0.2, -0.15) is 0 Å². The highest BCUT2D eigenvalue weighted by Crippen LogP contribution is 2.32. The van der Waals surface area contributed by atoms with Crippen LogP contribution in [0, 0.1) is 0 Å². The SMILES string of the molecule is CCCN(CCC)C(=O)Cc1cccc(OC)c1OCc1ccccc1. The van der Waals surface area contributed by atoms with Crippen LogP contribution in [0.3, 0.4) is 0 Å². The van der Waals surface area contributed by atoms with Crippen LogP contribution in [0.15, 0.2) is 48.5 Å². The summed E-state index contributed by atoms with van der Waals surface area (Å²) in [7, 11) is 1.62. The van der Waals surface area contributed by atoms with Crippen LogP contribution in [-0.4, -0.2) is 31.0 Å². The van der Waals surface area contributed by atoms with Crippen LogP contribution in [0.25, 0.3) is 0 Å². The Kier molecular flexibility index (Phi) is 8.00. The molecule has 4 nitrogen and oxygen atoms in total. The number of para-hydroxylation sites is 1. The van der Waals surface area contributed by atoms with Crippen molar-refractivity contribution in [1.82, 2.24) is 4.90 Å². The molecule has 0 fully saturated rings. The zero-order valence-corrected chi connectivity index (χ0v) is 16.0. The average Bonchev–Trinajstić information content (AvgIpc) is 2.67. The summed E-state index contributed by atoms with van der Waals surface area (Å²) in [5, 5.41) is 0. The number of nitrogens with zero attached hydrogens (tertiary/aromatic N) is 1. The van der Waals surface area contributed by atoms with Gasteiger partial charge in [-0.1, -0.05) is 56.3 Å². The van der Waals surface area contributed by atoms with Gasteiger partial charge in [0.05, 0.1) is 13.5 Å². The Hall–Kier alpha value is -2.49. The van der Waals surface area contributed by atoms with Crippen LogP contribution in [0.2, 0.25) is 0 Å². The number of carbonyl (C=O) groups excluding carboxylic acids is 1. The number of ether oxygens (including phenoxy) is 2. The van der Waals surface area contributed by atoms with Gasteiger partial charge in [0.15, 0.2) is 11.5 Å². The predicted molar refractivity (Wildman–Crippen MR) is 105 cm³/mol. The number of hydrogen-bond donors (Lipinski definition) is 0. The third kappa shape index (κ3) is 5.51. The van der Waals surface area contributed by atoms with Crippen molar-refractivity contribution < 1.29 is 14.3 Å². The lowest BCUT2D eigenvalue weighted by Gasteiger charge is -2.22. The maximum Gasteiger partial charge on any atom is 0.227 e. The summed E-state index contributed by atoms with van der Waals surface area (Å²) in [5.41, 5.74) is 1.94. The van der Waals surface area contributed by atoms with Gasteiger partial charge < -0.3 is 14.4 Å². The van der Waals surface area contributed by atoms with E-state index >= 15 is 0 Å². The van der Waals surface area contributed by atoms with E-state index in [1.807, 2.05) is 53.4 Å². The van der Waals surface area contributed by atoms with E-state index in [-0.39, 0.29) is 5.91 Å². The molecule has 0 N–H and O–H groups in total. The highest BCUT2D eigenvalue weighted by Gasteiger charge is 2.18. The van der Waals surface area contributed by atoms with Gasteiger partial charge in [0, 0.05) is 18.7 Å². The van der Waals surface area contributed by atoms with Crippen LogP contribution < -0.4 is 9.47 Å². The first kappa shape index (κ1) is 19.8. The smallest absolute Gasteiger partial charge is 0.227 e. The number of amides is 1. The molecular formula is C22H29NO3. The van der Waals surface area contributed by atoms with Gasteiger partial charge >= 0.3 is 0 Å². The Morgan fingerprint density at radius 1 is 0.962 bits per heavy atom. The van der Waals surface area contributed by atoms with Gasteiger partial charge in [-0.05, 0) is 24.5 Å². The van der Waals surface area contributed by atoms with Crippen LogP contribution in [0.1, 0.15) is 37.8 Å². The molecule has 0 bridgehead atoms. The first-order valence-corrected chi connectivity index (χ1v) is 9.29. The fourth-order valence-corrected chi connectivity index (χ4v) is 2.93. The molecule has 0 unspecified atom stereocenters. The monoisotopic (exact) mass is 355 g/mol. The summed E-state index contributed by atoms with van der Waals surface area (Å²) in [4.78, 5) is 14.7. The minimum absolute atomic E-state index is 0.131. The minimum atomic E-state index is 0.131. The largest absolute Gasteiger partial charge is 0.493 e. The van der Waals surface area contributed by atoms with Crippen LogP contribution in [-0.2, 0) is 17.8 Å². The van der Waals surface area contributed by atoms with Crippen molar-refractivity contribution in [2.45, 2.75) is 39.7 Å². The Labute approximate surface area is 156 Å². The van der Waals surface area contributed by atoms with E-state index in [2.05, 4.69) is 13.8 Å². The van der Waals surface area contributed by atoms with Gasteiger partial charge in [-0.3, -0.25) is 4.79 Å². The summed E-state index contributed by atoms with van der Waals surface area (Å²) in [6.45, 7) is 6.20. The molecule has 0 aromatic heterocycles. The van der Waals surface area contributed by atoms with E-state index in [0.717, 1.165) is 37.1 Å². The molecule has 0 heterocycles. The number of carbonyl (C=O) groups is 1. The van der Waals surface area contributed by atoms with Gasteiger partial charge in [0.1, 0.15) is 6.61 Å². The molecule has 0 aliphatic heterocycles. The molecule has 0 aliphatic carbocycles. The highest BCUT2D eigenvalue weighted by molar-refractivity contribution is 5.80. The third-order valence-corrected chi connectivity index (χ3v) is 4.19. The number of rotatable bonds is 10. The lowest BCUT2D eigenvalue weighted by molar-refractivity contribution is -0.130. The second-order valence-corrected chi connectivity index (χ2v) is 6.28. The zero-order valence-electron chi connectivity index (χ0n) is 16.0. The standard InChI is InChI=1S/C22H29NO3/c1-4-14-23(15-5-2)21(24)16-19-12-9-13-20(25-3)22(19)26-17-18-10-7-6-8-11-18/h6-13H,4-5,14-17H2,1-3H3. The molecule has 140 valence electrons. The molecule has 2 aromatic rings. The lowest BCUT2D eigenvalue weighted by Crippen LogP contribution is -2.33. The summed E-state index contributed by atoms with van der Waals surface area (Å²) in [6, 6.07) is 15.7. The van der Waals surface area contributed by atoms with Crippen LogP contribution >= 0.6 is 0 Å². The fourth-order valence-electron chi connectivity index (χ4n) is 2.93. The Bertz CT molecular complexity index is 679. The molecule has 0 saturated heterocycles. The molecule has 0 saturated carbocycles. The van der Waals surface area contributed by atoms with Crippen molar-refractivity contribution in [3.05, 3.63) is 59.7 Å². The first-order valence-electron chi connectivity index (χ1n) is 9.29. The molecule has 0 radical (unpaired) electrons. The predicted octanol–water partition coefficient (Wildman–Crippen LogP) is 4.47. The maximum atomic E-state index is 12.7.